The smallest absolute Gasteiger partial charge is 0.253 e. The van der Waals surface area contributed by atoms with Crippen LogP contribution in [0.5, 0.6) is 5.75 Å². The topological polar surface area (TPSA) is 87.9 Å². The van der Waals surface area contributed by atoms with Crippen molar-refractivity contribution in [1.29, 1.82) is 5.26 Å². The summed E-state index contributed by atoms with van der Waals surface area (Å²) >= 11 is 1.51. The number of thiazole rings is 1. The molecular formula is C18H14N4O2S. The predicted octanol–water partition coefficient (Wildman–Crippen LogP) is 3.02. The van der Waals surface area contributed by atoms with E-state index < -0.39 is 0 Å². The van der Waals surface area contributed by atoms with E-state index in [1.807, 2.05) is 30.3 Å². The zero-order valence-electron chi connectivity index (χ0n) is 13.4. The molecule has 1 aromatic carbocycles. The van der Waals surface area contributed by atoms with Gasteiger partial charge in [-0.15, -0.1) is 11.3 Å². The van der Waals surface area contributed by atoms with Crippen LogP contribution < -0.4 is 10.1 Å². The first-order chi connectivity index (χ1) is 12.2. The minimum atomic E-state index is -0.242. The van der Waals surface area contributed by atoms with E-state index in [4.69, 9.17) is 10.00 Å². The summed E-state index contributed by atoms with van der Waals surface area (Å²) in [6, 6.07) is 12.7. The molecule has 3 rings (SSSR count). The number of benzene rings is 1. The van der Waals surface area contributed by atoms with Crippen molar-refractivity contribution >= 4 is 17.2 Å². The zero-order chi connectivity index (χ0) is 17.6. The van der Waals surface area contributed by atoms with Crippen molar-refractivity contribution in [2.75, 3.05) is 7.11 Å². The lowest BCUT2D eigenvalue weighted by Gasteiger charge is -2.03. The molecule has 2 heterocycles. The summed E-state index contributed by atoms with van der Waals surface area (Å²) in [5.41, 5.74) is 1.66. The van der Waals surface area contributed by atoms with Crippen molar-refractivity contribution in [3.8, 4) is 22.4 Å². The van der Waals surface area contributed by atoms with E-state index in [2.05, 4.69) is 15.3 Å². The maximum Gasteiger partial charge on any atom is 0.253 e. The molecule has 25 heavy (non-hydrogen) atoms. The Hall–Kier alpha value is -3.24. The molecule has 124 valence electrons. The van der Waals surface area contributed by atoms with Gasteiger partial charge in [0.25, 0.3) is 5.91 Å². The first-order valence-corrected chi connectivity index (χ1v) is 8.24. The first kappa shape index (κ1) is 16.6. The number of nitriles is 1. The number of hydrogen-bond donors (Lipinski definition) is 1. The van der Waals surface area contributed by atoms with Crippen LogP contribution in [0.1, 0.15) is 20.9 Å². The Labute approximate surface area is 148 Å². The Morgan fingerprint density at radius 1 is 1.28 bits per heavy atom. The van der Waals surface area contributed by atoms with Gasteiger partial charge in [0.2, 0.25) is 0 Å². The Bertz CT molecular complexity index is 929. The van der Waals surface area contributed by atoms with Crippen LogP contribution in [-0.2, 0) is 6.54 Å². The highest BCUT2D eigenvalue weighted by molar-refractivity contribution is 7.15. The summed E-state index contributed by atoms with van der Waals surface area (Å²) in [5, 5.41) is 12.4. The number of carbonyl (C=O) groups excluding carboxylic acids is 1. The molecule has 1 N–H and O–H groups in total. The SMILES string of the molecule is COc1cccc(-c2ncc(CNC(=O)c3ccc(C#N)nc3)s2)c1. The fraction of sp³-hybridized carbons (Fsp3) is 0.111. The van der Waals surface area contributed by atoms with Crippen molar-refractivity contribution in [2.24, 2.45) is 0 Å². The summed E-state index contributed by atoms with van der Waals surface area (Å²) in [6.45, 7) is 0.375. The number of nitrogens with one attached hydrogen (secondary N) is 1. The van der Waals surface area contributed by atoms with Crippen LogP contribution in [0.3, 0.4) is 0 Å². The van der Waals surface area contributed by atoms with E-state index in [0.717, 1.165) is 21.2 Å². The van der Waals surface area contributed by atoms with Crippen molar-refractivity contribution in [2.45, 2.75) is 6.54 Å². The van der Waals surface area contributed by atoms with Gasteiger partial charge in [0.1, 0.15) is 22.5 Å². The van der Waals surface area contributed by atoms with Crippen LogP contribution in [0.4, 0.5) is 0 Å². The number of pyridine rings is 1. The second-order valence-electron chi connectivity index (χ2n) is 5.09. The number of carbonyl (C=O) groups is 1. The normalized spacial score (nSPS) is 10.1. The first-order valence-electron chi connectivity index (χ1n) is 7.43. The van der Waals surface area contributed by atoms with Crippen LogP contribution in [0.25, 0.3) is 10.6 Å². The van der Waals surface area contributed by atoms with E-state index in [-0.39, 0.29) is 11.6 Å². The standard InChI is InChI=1S/C18H14N4O2S/c1-24-15-4-2-3-12(7-15)18-22-11-16(25-18)10-21-17(23)13-5-6-14(8-19)20-9-13/h2-7,9,11H,10H2,1H3,(H,21,23). The van der Waals surface area contributed by atoms with Crippen molar-refractivity contribution in [1.82, 2.24) is 15.3 Å². The molecule has 0 unspecified atom stereocenters. The maximum atomic E-state index is 12.1. The number of aromatic nitrogens is 2. The maximum absolute atomic E-state index is 12.1. The summed E-state index contributed by atoms with van der Waals surface area (Å²) in [4.78, 5) is 21.3. The van der Waals surface area contributed by atoms with Crippen LogP contribution in [0, 0.1) is 11.3 Å². The molecule has 3 aromatic rings. The highest BCUT2D eigenvalue weighted by atomic mass is 32.1. The van der Waals surface area contributed by atoms with Gasteiger partial charge in [-0.3, -0.25) is 4.79 Å². The minimum Gasteiger partial charge on any atom is -0.497 e. The van der Waals surface area contributed by atoms with E-state index in [9.17, 15) is 4.79 Å². The second kappa shape index (κ2) is 7.55. The molecule has 0 aliphatic carbocycles. The third-order valence-electron chi connectivity index (χ3n) is 3.43. The minimum absolute atomic E-state index is 0.242. The summed E-state index contributed by atoms with van der Waals surface area (Å²) in [5.74, 6) is 0.532. The average Bonchev–Trinajstić information content (AvgIpc) is 3.15. The molecule has 0 saturated carbocycles. The van der Waals surface area contributed by atoms with Crippen LogP contribution in [0.15, 0.2) is 48.8 Å². The van der Waals surface area contributed by atoms with E-state index in [1.54, 1.807) is 19.4 Å². The van der Waals surface area contributed by atoms with Crippen LogP contribution in [-0.4, -0.2) is 23.0 Å². The molecule has 0 atom stereocenters. The number of amides is 1. The fourth-order valence-corrected chi connectivity index (χ4v) is 2.99. The number of nitrogens with zero attached hydrogens (tertiary/aromatic N) is 3. The van der Waals surface area contributed by atoms with Crippen molar-refractivity contribution in [3.05, 3.63) is 64.9 Å². The van der Waals surface area contributed by atoms with Gasteiger partial charge in [-0.05, 0) is 24.3 Å². The van der Waals surface area contributed by atoms with E-state index in [1.165, 1.54) is 23.6 Å². The predicted molar refractivity (Wildman–Crippen MR) is 94.2 cm³/mol. The molecule has 1 amide bonds. The Morgan fingerprint density at radius 3 is 2.88 bits per heavy atom. The molecular weight excluding hydrogens is 336 g/mol. The second-order valence-corrected chi connectivity index (χ2v) is 6.21. The van der Waals surface area contributed by atoms with Crippen molar-refractivity contribution in [3.63, 3.8) is 0 Å². The number of ether oxygens (including phenoxy) is 1. The van der Waals surface area contributed by atoms with Crippen LogP contribution >= 0.6 is 11.3 Å². The van der Waals surface area contributed by atoms with Gasteiger partial charge >= 0.3 is 0 Å². The lowest BCUT2D eigenvalue weighted by Crippen LogP contribution is -2.22. The van der Waals surface area contributed by atoms with Gasteiger partial charge in [0.05, 0.1) is 19.2 Å². The highest BCUT2D eigenvalue weighted by Crippen LogP contribution is 2.27. The molecule has 0 bridgehead atoms. The van der Waals surface area contributed by atoms with Gasteiger partial charge in [0, 0.05) is 22.8 Å². The summed E-state index contributed by atoms with van der Waals surface area (Å²) in [7, 11) is 1.62. The molecule has 0 aliphatic rings. The lowest BCUT2D eigenvalue weighted by molar-refractivity contribution is 0.0951. The Kier molecular flexibility index (Phi) is 5.02. The molecule has 6 nitrogen and oxygen atoms in total. The van der Waals surface area contributed by atoms with Gasteiger partial charge in [-0.25, -0.2) is 9.97 Å². The number of hydrogen-bond acceptors (Lipinski definition) is 6. The fourth-order valence-electron chi connectivity index (χ4n) is 2.14. The monoisotopic (exact) mass is 350 g/mol. The summed E-state index contributed by atoms with van der Waals surface area (Å²) in [6.07, 6.45) is 3.14. The molecule has 0 aliphatic heterocycles. The van der Waals surface area contributed by atoms with Gasteiger partial charge in [-0.1, -0.05) is 12.1 Å². The highest BCUT2D eigenvalue weighted by Gasteiger charge is 2.09. The van der Waals surface area contributed by atoms with Gasteiger partial charge < -0.3 is 10.1 Å². The zero-order valence-corrected chi connectivity index (χ0v) is 14.2. The van der Waals surface area contributed by atoms with Gasteiger partial charge in [0.15, 0.2) is 0 Å². The molecule has 0 fully saturated rings. The molecule has 0 radical (unpaired) electrons. The summed E-state index contributed by atoms with van der Waals surface area (Å²) < 4.78 is 5.22. The number of rotatable bonds is 5. The average molecular weight is 350 g/mol. The number of methoxy groups -OCH3 is 1. The largest absolute Gasteiger partial charge is 0.497 e. The van der Waals surface area contributed by atoms with E-state index >= 15 is 0 Å². The molecule has 0 saturated heterocycles. The van der Waals surface area contributed by atoms with E-state index in [0.29, 0.717) is 12.1 Å². The third-order valence-corrected chi connectivity index (χ3v) is 4.48. The Balaban J connectivity index is 1.65. The molecule has 2 aromatic heterocycles. The third kappa shape index (κ3) is 4.00. The van der Waals surface area contributed by atoms with Crippen LogP contribution in [0.2, 0.25) is 0 Å². The molecule has 7 heteroatoms. The lowest BCUT2D eigenvalue weighted by atomic mass is 10.2. The quantitative estimate of drug-likeness (QED) is 0.764. The Morgan fingerprint density at radius 2 is 2.16 bits per heavy atom. The van der Waals surface area contributed by atoms with Gasteiger partial charge in [-0.2, -0.15) is 5.26 Å². The van der Waals surface area contributed by atoms with Crippen molar-refractivity contribution < 1.29 is 9.53 Å². The molecule has 0 spiro atoms.